The molecular formula is C18H27N3O2. The van der Waals surface area contributed by atoms with E-state index in [0.717, 1.165) is 23.4 Å². The number of amides is 2. The first-order valence-corrected chi connectivity index (χ1v) is 8.33. The monoisotopic (exact) mass is 317 g/mol. The highest BCUT2D eigenvalue weighted by Crippen LogP contribution is 2.27. The van der Waals surface area contributed by atoms with Crippen LogP contribution in [-0.2, 0) is 9.59 Å². The molecule has 1 aliphatic heterocycles. The average molecular weight is 317 g/mol. The molecule has 0 aromatic heterocycles. The van der Waals surface area contributed by atoms with Gasteiger partial charge in [-0.3, -0.25) is 9.59 Å². The van der Waals surface area contributed by atoms with Crippen molar-refractivity contribution in [2.24, 2.45) is 5.92 Å². The molecule has 5 heteroatoms. The van der Waals surface area contributed by atoms with E-state index in [4.69, 9.17) is 0 Å². The van der Waals surface area contributed by atoms with E-state index in [9.17, 15) is 9.59 Å². The van der Waals surface area contributed by atoms with E-state index in [1.54, 1.807) is 4.90 Å². The molecular weight excluding hydrogens is 290 g/mol. The van der Waals surface area contributed by atoms with Crippen LogP contribution in [0.1, 0.15) is 31.4 Å². The Balaban J connectivity index is 1.99. The highest BCUT2D eigenvalue weighted by molar-refractivity contribution is 6.09. The Labute approximate surface area is 138 Å². The highest BCUT2D eigenvalue weighted by atomic mass is 16.2. The summed E-state index contributed by atoms with van der Waals surface area (Å²) in [5.74, 6) is -0.820. The van der Waals surface area contributed by atoms with Gasteiger partial charge in [0.1, 0.15) is 5.92 Å². The van der Waals surface area contributed by atoms with Gasteiger partial charge in [0.15, 0.2) is 0 Å². The second kappa shape index (κ2) is 7.59. The molecule has 1 heterocycles. The molecule has 0 aliphatic carbocycles. The third kappa shape index (κ3) is 4.32. The fraction of sp³-hybridized carbons (Fsp3) is 0.556. The number of likely N-dealkylation sites (N-methyl/N-ethyl adjacent to an activating group) is 1. The van der Waals surface area contributed by atoms with E-state index in [1.807, 2.05) is 39.8 Å². The molecule has 2 N–H and O–H groups in total. The minimum atomic E-state index is -0.565. The van der Waals surface area contributed by atoms with Crippen molar-refractivity contribution in [1.29, 1.82) is 0 Å². The molecule has 1 aliphatic rings. The van der Waals surface area contributed by atoms with Crippen molar-refractivity contribution >= 4 is 17.5 Å². The number of benzene rings is 1. The summed E-state index contributed by atoms with van der Waals surface area (Å²) in [6.07, 6.45) is 0.577. The molecule has 1 aromatic rings. The largest absolute Gasteiger partial charge is 0.354 e. The zero-order valence-electron chi connectivity index (χ0n) is 14.5. The average Bonchev–Trinajstić information content (AvgIpc) is 2.86. The molecule has 2 amide bonds. The highest BCUT2D eigenvalue weighted by Gasteiger charge is 2.37. The third-order valence-electron chi connectivity index (χ3n) is 4.18. The number of aryl methyl sites for hydroxylation is 2. The van der Waals surface area contributed by atoms with Crippen LogP contribution >= 0.6 is 0 Å². The number of rotatable bonds is 6. The molecule has 1 aromatic carbocycles. The lowest BCUT2D eigenvalue weighted by Crippen LogP contribution is -2.43. The molecule has 0 radical (unpaired) electrons. The van der Waals surface area contributed by atoms with Gasteiger partial charge in [0.05, 0.1) is 0 Å². The van der Waals surface area contributed by atoms with E-state index in [0.29, 0.717) is 19.5 Å². The summed E-state index contributed by atoms with van der Waals surface area (Å²) < 4.78 is 0. The number of nitrogens with one attached hydrogen (secondary N) is 2. The van der Waals surface area contributed by atoms with Gasteiger partial charge in [-0.15, -0.1) is 0 Å². The summed E-state index contributed by atoms with van der Waals surface area (Å²) in [5, 5.41) is 6.13. The number of hydrogen-bond acceptors (Lipinski definition) is 3. The number of hydrogen-bond donors (Lipinski definition) is 2. The number of nitrogens with zero attached hydrogens (tertiary/aromatic N) is 1. The Morgan fingerprint density at radius 1 is 1.30 bits per heavy atom. The molecule has 2 rings (SSSR count). The Kier molecular flexibility index (Phi) is 5.77. The summed E-state index contributed by atoms with van der Waals surface area (Å²) >= 11 is 0. The van der Waals surface area contributed by atoms with Crippen molar-refractivity contribution < 1.29 is 9.59 Å². The fourth-order valence-electron chi connectivity index (χ4n) is 3.08. The number of anilines is 1. The Morgan fingerprint density at radius 2 is 1.96 bits per heavy atom. The minimum Gasteiger partial charge on any atom is -0.354 e. The fourth-order valence-corrected chi connectivity index (χ4v) is 3.08. The normalized spacial score (nSPS) is 19.0. The number of carbonyl (C=O) groups is 2. The molecule has 126 valence electrons. The Morgan fingerprint density at radius 3 is 2.57 bits per heavy atom. The van der Waals surface area contributed by atoms with Crippen molar-refractivity contribution in [2.75, 3.05) is 24.5 Å². The summed E-state index contributed by atoms with van der Waals surface area (Å²) in [6.45, 7) is 10.1. The third-order valence-corrected chi connectivity index (χ3v) is 4.18. The van der Waals surface area contributed by atoms with Gasteiger partial charge in [-0.25, -0.2) is 0 Å². The lowest BCUT2D eigenvalue weighted by atomic mass is 10.1. The van der Waals surface area contributed by atoms with E-state index >= 15 is 0 Å². The van der Waals surface area contributed by atoms with Gasteiger partial charge < -0.3 is 15.5 Å². The van der Waals surface area contributed by atoms with Crippen LogP contribution in [0, 0.1) is 19.8 Å². The summed E-state index contributed by atoms with van der Waals surface area (Å²) in [6, 6.07) is 6.28. The van der Waals surface area contributed by atoms with Crippen molar-refractivity contribution in [1.82, 2.24) is 10.6 Å². The standard InChI is InChI=1S/C18H27N3O2/c1-5-19-14(4)11-20-17(22)16-6-7-21(18(16)23)15-9-12(2)8-13(3)10-15/h8-10,14,16,19H,5-7,11H2,1-4H3,(H,20,22)/t14-,16?/m1/s1. The van der Waals surface area contributed by atoms with Crippen molar-refractivity contribution in [3.63, 3.8) is 0 Å². The van der Waals surface area contributed by atoms with Crippen LogP contribution in [0.4, 0.5) is 5.69 Å². The molecule has 0 saturated carbocycles. The van der Waals surface area contributed by atoms with Gasteiger partial charge in [0.2, 0.25) is 11.8 Å². The van der Waals surface area contributed by atoms with E-state index in [1.165, 1.54) is 0 Å². The first kappa shape index (κ1) is 17.5. The SMILES string of the molecule is CCN[C@H](C)CNC(=O)C1CCN(c2cc(C)cc(C)c2)C1=O. The minimum absolute atomic E-state index is 0.0939. The lowest BCUT2D eigenvalue weighted by Gasteiger charge is -2.19. The van der Waals surface area contributed by atoms with Gasteiger partial charge in [-0.1, -0.05) is 13.0 Å². The van der Waals surface area contributed by atoms with Crippen LogP contribution in [0.15, 0.2) is 18.2 Å². The van der Waals surface area contributed by atoms with Gasteiger partial charge in [-0.05, 0) is 57.0 Å². The smallest absolute Gasteiger partial charge is 0.239 e. The van der Waals surface area contributed by atoms with Crippen LogP contribution in [0.25, 0.3) is 0 Å². The molecule has 1 unspecified atom stereocenters. The zero-order valence-corrected chi connectivity index (χ0v) is 14.5. The predicted molar refractivity (Wildman–Crippen MR) is 92.5 cm³/mol. The van der Waals surface area contributed by atoms with E-state index < -0.39 is 5.92 Å². The van der Waals surface area contributed by atoms with E-state index in [-0.39, 0.29) is 17.9 Å². The van der Waals surface area contributed by atoms with Gasteiger partial charge >= 0.3 is 0 Å². The van der Waals surface area contributed by atoms with Crippen molar-refractivity contribution in [3.05, 3.63) is 29.3 Å². The zero-order chi connectivity index (χ0) is 17.0. The number of carbonyl (C=O) groups excluding carboxylic acids is 2. The summed E-state index contributed by atoms with van der Waals surface area (Å²) in [7, 11) is 0. The predicted octanol–water partition coefficient (Wildman–Crippen LogP) is 1.77. The van der Waals surface area contributed by atoms with Crippen LogP contribution in [0.2, 0.25) is 0 Å². The van der Waals surface area contributed by atoms with Gasteiger partial charge in [0.25, 0.3) is 0 Å². The Hall–Kier alpha value is -1.88. The lowest BCUT2D eigenvalue weighted by molar-refractivity contribution is -0.132. The summed E-state index contributed by atoms with van der Waals surface area (Å²) in [5.41, 5.74) is 3.14. The topological polar surface area (TPSA) is 61.4 Å². The van der Waals surface area contributed by atoms with Crippen LogP contribution < -0.4 is 15.5 Å². The first-order valence-electron chi connectivity index (χ1n) is 8.33. The van der Waals surface area contributed by atoms with Crippen LogP contribution in [-0.4, -0.2) is 37.5 Å². The van der Waals surface area contributed by atoms with Crippen LogP contribution in [0.5, 0.6) is 0 Å². The van der Waals surface area contributed by atoms with Crippen molar-refractivity contribution in [2.45, 2.75) is 40.2 Å². The second-order valence-corrected chi connectivity index (χ2v) is 6.38. The molecule has 1 saturated heterocycles. The molecule has 0 spiro atoms. The molecule has 1 fully saturated rings. The van der Waals surface area contributed by atoms with E-state index in [2.05, 4.69) is 16.7 Å². The maximum atomic E-state index is 12.6. The van der Waals surface area contributed by atoms with Crippen LogP contribution in [0.3, 0.4) is 0 Å². The molecule has 5 nitrogen and oxygen atoms in total. The second-order valence-electron chi connectivity index (χ2n) is 6.38. The maximum Gasteiger partial charge on any atom is 0.239 e. The maximum absolute atomic E-state index is 12.6. The quantitative estimate of drug-likeness (QED) is 0.786. The Bertz CT molecular complexity index is 565. The first-order chi connectivity index (χ1) is 10.9. The summed E-state index contributed by atoms with van der Waals surface area (Å²) in [4.78, 5) is 26.6. The molecule has 23 heavy (non-hydrogen) atoms. The van der Waals surface area contributed by atoms with Gasteiger partial charge in [-0.2, -0.15) is 0 Å². The van der Waals surface area contributed by atoms with Crippen molar-refractivity contribution in [3.8, 4) is 0 Å². The van der Waals surface area contributed by atoms with Gasteiger partial charge in [0, 0.05) is 24.8 Å². The molecule has 0 bridgehead atoms. The molecule has 2 atom stereocenters.